The summed E-state index contributed by atoms with van der Waals surface area (Å²) >= 11 is 0. The molecule has 1 rings (SSSR count). The summed E-state index contributed by atoms with van der Waals surface area (Å²) in [7, 11) is 0. The predicted molar refractivity (Wildman–Crippen MR) is 58.4 cm³/mol. The number of nitrogens with zero attached hydrogens (tertiary/aromatic N) is 1. The lowest BCUT2D eigenvalue weighted by molar-refractivity contribution is -0.149. The molecule has 2 N–H and O–H groups in total. The smallest absolute Gasteiger partial charge is 0.333 e. The van der Waals surface area contributed by atoms with E-state index < -0.39 is 22.8 Å². The van der Waals surface area contributed by atoms with Crippen molar-refractivity contribution >= 4 is 18.2 Å². The average molecular weight is 225 g/mol. The predicted octanol–water partition coefficient (Wildman–Crippen LogP) is 1.55. The molecule has 1 aliphatic rings. The number of rotatable bonds is 2. The van der Waals surface area contributed by atoms with Crippen molar-refractivity contribution in [2.24, 2.45) is 15.8 Å². The Kier molecular flexibility index (Phi) is 2.90. The van der Waals surface area contributed by atoms with Crippen LogP contribution < -0.4 is 0 Å². The first-order valence-corrected chi connectivity index (χ1v) is 4.91. The highest BCUT2D eigenvalue weighted by molar-refractivity contribution is 5.99. The molecule has 0 fully saturated rings. The quantitative estimate of drug-likeness (QED) is 0.746. The van der Waals surface area contributed by atoms with Crippen molar-refractivity contribution in [1.29, 1.82) is 0 Å². The summed E-state index contributed by atoms with van der Waals surface area (Å²) in [4.78, 5) is 26.0. The van der Waals surface area contributed by atoms with Crippen molar-refractivity contribution < 1.29 is 19.8 Å². The Hall–Kier alpha value is -1.65. The molecule has 5 heteroatoms. The minimum atomic E-state index is -1.25. The third-order valence-corrected chi connectivity index (χ3v) is 2.99. The third-order valence-electron chi connectivity index (χ3n) is 2.99. The zero-order valence-electron chi connectivity index (χ0n) is 9.52. The summed E-state index contributed by atoms with van der Waals surface area (Å²) in [6, 6.07) is 0. The molecule has 0 aromatic heterocycles. The van der Waals surface area contributed by atoms with Crippen LogP contribution in [0.15, 0.2) is 16.8 Å². The molecule has 0 bridgehead atoms. The minimum Gasteiger partial charge on any atom is -0.481 e. The summed E-state index contributed by atoms with van der Waals surface area (Å²) < 4.78 is 0. The number of hydrogen-bond acceptors (Lipinski definition) is 3. The first kappa shape index (κ1) is 12.4. The topological polar surface area (TPSA) is 87.0 Å². The maximum Gasteiger partial charge on any atom is 0.333 e. The van der Waals surface area contributed by atoms with Crippen LogP contribution in [0.4, 0.5) is 0 Å². The van der Waals surface area contributed by atoms with Gasteiger partial charge < -0.3 is 10.2 Å². The largest absolute Gasteiger partial charge is 0.481 e. The highest BCUT2D eigenvalue weighted by atomic mass is 16.4. The lowest BCUT2D eigenvalue weighted by atomic mass is 9.63. The van der Waals surface area contributed by atoms with E-state index in [0.29, 0.717) is 0 Å². The first-order valence-electron chi connectivity index (χ1n) is 4.91. The van der Waals surface area contributed by atoms with Gasteiger partial charge in [-0.15, -0.1) is 0 Å². The van der Waals surface area contributed by atoms with Gasteiger partial charge in [0.05, 0.1) is 5.57 Å². The molecule has 0 radical (unpaired) electrons. The van der Waals surface area contributed by atoms with Crippen LogP contribution in [0.1, 0.15) is 27.2 Å². The zero-order valence-corrected chi connectivity index (χ0v) is 9.52. The molecular weight excluding hydrogens is 210 g/mol. The Morgan fingerprint density at radius 3 is 2.31 bits per heavy atom. The molecule has 1 atom stereocenters. The van der Waals surface area contributed by atoms with Crippen molar-refractivity contribution in [3.05, 3.63) is 11.8 Å². The molecular formula is C11H15NO4. The number of carbonyl (C=O) groups is 2. The van der Waals surface area contributed by atoms with E-state index in [-0.39, 0.29) is 12.0 Å². The van der Waals surface area contributed by atoms with Crippen LogP contribution in [-0.2, 0) is 9.59 Å². The highest BCUT2D eigenvalue weighted by Gasteiger charge is 2.49. The standard InChI is InChI=1S/C11H15NO4/c1-10(2,3)11(9(15)16)4-7(8(13)14)5-12-6-11/h5-6H,4H2,1-3H3,(H,13,14)(H,15,16). The van der Waals surface area contributed by atoms with Gasteiger partial charge in [0.25, 0.3) is 0 Å². The number of aliphatic carboxylic acids is 2. The van der Waals surface area contributed by atoms with E-state index in [1.165, 1.54) is 12.4 Å². The number of carboxylic acid groups (broad SMARTS) is 2. The van der Waals surface area contributed by atoms with Gasteiger partial charge >= 0.3 is 11.9 Å². The zero-order chi connectivity index (χ0) is 12.6. The summed E-state index contributed by atoms with van der Waals surface area (Å²) in [6.07, 6.45) is 2.50. The van der Waals surface area contributed by atoms with E-state index in [2.05, 4.69) is 4.99 Å². The van der Waals surface area contributed by atoms with Crippen LogP contribution in [0.2, 0.25) is 0 Å². The van der Waals surface area contributed by atoms with Crippen molar-refractivity contribution in [1.82, 2.24) is 0 Å². The van der Waals surface area contributed by atoms with Gasteiger partial charge in [-0.2, -0.15) is 0 Å². The van der Waals surface area contributed by atoms with Crippen LogP contribution in [0, 0.1) is 10.8 Å². The van der Waals surface area contributed by atoms with Crippen LogP contribution in [0.25, 0.3) is 0 Å². The van der Waals surface area contributed by atoms with Gasteiger partial charge in [0.15, 0.2) is 0 Å². The molecule has 0 spiro atoms. The molecule has 5 nitrogen and oxygen atoms in total. The average Bonchev–Trinajstić information content (AvgIpc) is 2.15. The van der Waals surface area contributed by atoms with Crippen LogP contribution >= 0.6 is 0 Å². The maximum atomic E-state index is 11.4. The van der Waals surface area contributed by atoms with Crippen molar-refractivity contribution in [2.45, 2.75) is 27.2 Å². The summed E-state index contributed by atoms with van der Waals surface area (Å²) in [6.45, 7) is 5.29. The van der Waals surface area contributed by atoms with Crippen molar-refractivity contribution in [2.75, 3.05) is 0 Å². The van der Waals surface area contributed by atoms with Crippen LogP contribution in [0.3, 0.4) is 0 Å². The summed E-state index contributed by atoms with van der Waals surface area (Å²) in [5.74, 6) is -2.16. The van der Waals surface area contributed by atoms with Crippen molar-refractivity contribution in [3.63, 3.8) is 0 Å². The number of hydrogen-bond donors (Lipinski definition) is 2. The molecule has 1 aliphatic heterocycles. The molecule has 0 saturated carbocycles. The van der Waals surface area contributed by atoms with Gasteiger partial charge in [0.2, 0.25) is 0 Å². The van der Waals surface area contributed by atoms with E-state index in [1.807, 2.05) is 0 Å². The second-order valence-corrected chi connectivity index (χ2v) is 4.94. The van der Waals surface area contributed by atoms with Gasteiger partial charge in [-0.05, 0) is 5.41 Å². The lowest BCUT2D eigenvalue weighted by Gasteiger charge is -2.39. The third kappa shape index (κ3) is 1.85. The number of aliphatic imine (C=N–C) groups is 1. The second-order valence-electron chi connectivity index (χ2n) is 4.94. The van der Waals surface area contributed by atoms with E-state index >= 15 is 0 Å². The van der Waals surface area contributed by atoms with E-state index in [4.69, 9.17) is 5.11 Å². The van der Waals surface area contributed by atoms with Gasteiger partial charge in [-0.25, -0.2) is 4.79 Å². The maximum absolute atomic E-state index is 11.4. The fourth-order valence-electron chi connectivity index (χ4n) is 1.69. The van der Waals surface area contributed by atoms with Crippen LogP contribution in [-0.4, -0.2) is 28.4 Å². The van der Waals surface area contributed by atoms with Gasteiger partial charge in [-0.1, -0.05) is 20.8 Å². The first-order chi connectivity index (χ1) is 7.21. The lowest BCUT2D eigenvalue weighted by Crippen LogP contribution is -2.46. The number of carboxylic acids is 2. The SMILES string of the molecule is CC(C)(C)C1(C(=O)O)C=NC=C(C(=O)O)C1. The molecule has 1 heterocycles. The molecule has 16 heavy (non-hydrogen) atoms. The molecule has 0 aromatic carbocycles. The monoisotopic (exact) mass is 225 g/mol. The Morgan fingerprint density at radius 1 is 1.38 bits per heavy atom. The van der Waals surface area contributed by atoms with Gasteiger partial charge in [0.1, 0.15) is 5.41 Å². The molecule has 0 aliphatic carbocycles. The highest BCUT2D eigenvalue weighted by Crippen LogP contribution is 2.44. The molecule has 1 unspecified atom stereocenters. The van der Waals surface area contributed by atoms with Crippen molar-refractivity contribution in [3.8, 4) is 0 Å². The fourth-order valence-corrected chi connectivity index (χ4v) is 1.69. The van der Waals surface area contributed by atoms with E-state index in [1.54, 1.807) is 20.8 Å². The molecule has 88 valence electrons. The van der Waals surface area contributed by atoms with Crippen LogP contribution in [0.5, 0.6) is 0 Å². The Balaban J connectivity index is 3.20. The summed E-state index contributed by atoms with van der Waals surface area (Å²) in [5, 5.41) is 18.2. The minimum absolute atomic E-state index is 0.0276. The summed E-state index contributed by atoms with van der Waals surface area (Å²) in [5.41, 5.74) is -1.83. The Labute approximate surface area is 93.5 Å². The van der Waals surface area contributed by atoms with Gasteiger partial charge in [-0.3, -0.25) is 9.79 Å². The fraction of sp³-hybridized carbons (Fsp3) is 0.545. The molecule has 0 saturated heterocycles. The Morgan fingerprint density at radius 2 is 1.94 bits per heavy atom. The Bertz CT molecular complexity index is 389. The van der Waals surface area contributed by atoms with E-state index in [9.17, 15) is 14.7 Å². The second kappa shape index (κ2) is 3.73. The van der Waals surface area contributed by atoms with Gasteiger partial charge in [0, 0.05) is 18.8 Å². The molecule has 0 aromatic rings. The molecule has 0 amide bonds. The van der Waals surface area contributed by atoms with E-state index in [0.717, 1.165) is 0 Å². The normalized spacial score (nSPS) is 25.1.